The maximum absolute atomic E-state index is 9.59. The number of hydrogen-bond donors (Lipinski definition) is 1. The van der Waals surface area contributed by atoms with E-state index < -0.39 is 0 Å². The van der Waals surface area contributed by atoms with E-state index in [-0.39, 0.29) is 12.6 Å². The van der Waals surface area contributed by atoms with Crippen LogP contribution in [0.25, 0.3) is 22.8 Å². The van der Waals surface area contributed by atoms with Crippen LogP contribution >= 0.6 is 0 Å². The number of hydrogen-bond acceptors (Lipinski definition) is 7. The molecule has 0 amide bonds. The summed E-state index contributed by atoms with van der Waals surface area (Å²) in [5.41, 5.74) is 1.62. The molecule has 3 heterocycles. The number of benzene rings is 1. The molecule has 0 spiro atoms. The Balaban J connectivity index is 1.53. The van der Waals surface area contributed by atoms with Crippen molar-refractivity contribution < 1.29 is 14.4 Å². The lowest BCUT2D eigenvalue weighted by molar-refractivity contribution is 0.239. The topological polar surface area (TPSA) is 84.5 Å². The van der Waals surface area contributed by atoms with Gasteiger partial charge in [-0.05, 0) is 55.7 Å². The molecule has 1 aliphatic heterocycles. The highest BCUT2D eigenvalue weighted by Crippen LogP contribution is 2.27. The molecular formula is C20H22N4O3. The van der Waals surface area contributed by atoms with Crippen LogP contribution in [0, 0.1) is 0 Å². The van der Waals surface area contributed by atoms with Gasteiger partial charge < -0.3 is 19.3 Å². The predicted molar refractivity (Wildman–Crippen MR) is 102 cm³/mol. The van der Waals surface area contributed by atoms with Gasteiger partial charge in [-0.3, -0.25) is 0 Å². The van der Waals surface area contributed by atoms with Crippen molar-refractivity contribution in [1.29, 1.82) is 0 Å². The first-order valence-corrected chi connectivity index (χ1v) is 9.10. The van der Waals surface area contributed by atoms with Crippen molar-refractivity contribution in [3.63, 3.8) is 0 Å². The van der Waals surface area contributed by atoms with Crippen LogP contribution in [0.1, 0.15) is 19.3 Å². The second-order valence-corrected chi connectivity index (χ2v) is 6.58. The molecule has 1 atom stereocenters. The van der Waals surface area contributed by atoms with Crippen molar-refractivity contribution in [2.24, 2.45) is 0 Å². The normalized spacial score (nSPS) is 17.1. The van der Waals surface area contributed by atoms with Crippen LogP contribution < -0.4 is 9.64 Å². The van der Waals surface area contributed by atoms with E-state index in [1.807, 2.05) is 36.4 Å². The van der Waals surface area contributed by atoms with E-state index in [1.165, 1.54) is 0 Å². The van der Waals surface area contributed by atoms with Crippen molar-refractivity contribution in [2.75, 3.05) is 25.2 Å². The Morgan fingerprint density at radius 2 is 1.96 bits per heavy atom. The molecule has 7 heteroatoms. The van der Waals surface area contributed by atoms with Crippen LogP contribution in [0.5, 0.6) is 5.75 Å². The minimum absolute atomic E-state index is 0.141. The van der Waals surface area contributed by atoms with Crippen molar-refractivity contribution >= 4 is 5.82 Å². The molecule has 140 valence electrons. The average Bonchev–Trinajstić information content (AvgIpc) is 3.24. The Labute approximate surface area is 157 Å². The van der Waals surface area contributed by atoms with Crippen molar-refractivity contribution in [3.8, 4) is 28.6 Å². The fraction of sp³-hybridized carbons (Fsp3) is 0.350. The summed E-state index contributed by atoms with van der Waals surface area (Å²) in [5.74, 6) is 2.60. The van der Waals surface area contributed by atoms with Gasteiger partial charge in [0.15, 0.2) is 0 Å². The summed E-state index contributed by atoms with van der Waals surface area (Å²) in [7, 11) is 1.63. The lowest BCUT2D eigenvalue weighted by Gasteiger charge is -2.35. The Morgan fingerprint density at radius 1 is 1.15 bits per heavy atom. The molecular weight excluding hydrogens is 344 g/mol. The number of rotatable bonds is 5. The highest BCUT2D eigenvalue weighted by Gasteiger charge is 2.23. The van der Waals surface area contributed by atoms with Gasteiger partial charge in [0.2, 0.25) is 5.82 Å². The van der Waals surface area contributed by atoms with Crippen LogP contribution in [0.15, 0.2) is 47.1 Å². The fourth-order valence-electron chi connectivity index (χ4n) is 3.37. The summed E-state index contributed by atoms with van der Waals surface area (Å²) in [4.78, 5) is 11.2. The zero-order valence-corrected chi connectivity index (χ0v) is 15.2. The van der Waals surface area contributed by atoms with Crippen LogP contribution in [-0.4, -0.2) is 46.5 Å². The van der Waals surface area contributed by atoms with Crippen molar-refractivity contribution in [2.45, 2.75) is 25.3 Å². The number of aliphatic hydroxyl groups is 1. The van der Waals surface area contributed by atoms with Crippen molar-refractivity contribution in [1.82, 2.24) is 15.1 Å². The largest absolute Gasteiger partial charge is 0.497 e. The van der Waals surface area contributed by atoms with E-state index in [9.17, 15) is 5.11 Å². The maximum atomic E-state index is 9.59. The van der Waals surface area contributed by atoms with Gasteiger partial charge in [-0.1, -0.05) is 5.16 Å². The van der Waals surface area contributed by atoms with E-state index in [0.717, 1.165) is 48.5 Å². The number of methoxy groups -OCH3 is 1. The van der Waals surface area contributed by atoms with Gasteiger partial charge in [0.25, 0.3) is 5.89 Å². The molecule has 1 aromatic carbocycles. The maximum Gasteiger partial charge on any atom is 0.259 e. The summed E-state index contributed by atoms with van der Waals surface area (Å²) in [6.07, 6.45) is 5.00. The molecule has 0 aliphatic carbocycles. The zero-order chi connectivity index (χ0) is 18.6. The van der Waals surface area contributed by atoms with Gasteiger partial charge >= 0.3 is 0 Å². The Kier molecular flexibility index (Phi) is 5.02. The third-order valence-corrected chi connectivity index (χ3v) is 4.90. The van der Waals surface area contributed by atoms with Gasteiger partial charge in [0, 0.05) is 18.3 Å². The average molecular weight is 366 g/mol. The molecule has 7 nitrogen and oxygen atoms in total. The van der Waals surface area contributed by atoms with Gasteiger partial charge in [-0.25, -0.2) is 4.98 Å². The zero-order valence-electron chi connectivity index (χ0n) is 15.2. The summed E-state index contributed by atoms with van der Waals surface area (Å²) < 4.78 is 10.6. The van der Waals surface area contributed by atoms with E-state index in [0.29, 0.717) is 11.7 Å². The van der Waals surface area contributed by atoms with E-state index in [2.05, 4.69) is 20.0 Å². The van der Waals surface area contributed by atoms with Crippen LogP contribution in [0.2, 0.25) is 0 Å². The molecule has 3 aromatic rings. The number of ether oxygens (including phenoxy) is 1. The molecule has 0 radical (unpaired) electrons. The lowest BCUT2D eigenvalue weighted by Crippen LogP contribution is -2.42. The molecule has 0 saturated carbocycles. The first-order chi connectivity index (χ1) is 13.3. The standard InChI is InChI=1S/C20H22N4O3/c1-26-17-8-5-14(6-9-17)19-22-20(27-23-19)15-7-10-18(21-12-15)24-11-3-2-4-16(24)13-25/h5-10,12,16,25H,2-4,11,13H2,1H3/t16-/m1/s1. The molecule has 4 rings (SSSR count). The molecule has 1 saturated heterocycles. The minimum atomic E-state index is 0.141. The number of piperidine rings is 1. The minimum Gasteiger partial charge on any atom is -0.497 e. The fourth-order valence-corrected chi connectivity index (χ4v) is 3.37. The van der Waals surface area contributed by atoms with Gasteiger partial charge in [0.05, 0.1) is 25.3 Å². The molecule has 2 aromatic heterocycles. The van der Waals surface area contributed by atoms with Gasteiger partial charge in [-0.2, -0.15) is 4.98 Å². The van der Waals surface area contributed by atoms with Crippen LogP contribution in [0.3, 0.4) is 0 Å². The number of aliphatic hydroxyl groups excluding tert-OH is 1. The SMILES string of the molecule is COc1ccc(-c2noc(-c3ccc(N4CCCC[C@@H]4CO)nc3)n2)cc1. The van der Waals surface area contributed by atoms with E-state index >= 15 is 0 Å². The highest BCUT2D eigenvalue weighted by atomic mass is 16.5. The number of anilines is 1. The Bertz CT molecular complexity index is 877. The number of nitrogens with zero attached hydrogens (tertiary/aromatic N) is 4. The number of pyridine rings is 1. The third kappa shape index (κ3) is 3.64. The highest BCUT2D eigenvalue weighted by molar-refractivity contribution is 5.61. The molecule has 1 fully saturated rings. The second kappa shape index (κ2) is 7.75. The number of aromatic nitrogens is 3. The summed E-state index contributed by atoms with van der Waals surface area (Å²) in [5, 5.41) is 13.6. The predicted octanol–water partition coefficient (Wildman–Crippen LogP) is 3.16. The summed E-state index contributed by atoms with van der Waals surface area (Å²) >= 11 is 0. The Morgan fingerprint density at radius 3 is 2.67 bits per heavy atom. The van der Waals surface area contributed by atoms with E-state index in [1.54, 1.807) is 13.3 Å². The molecule has 1 aliphatic rings. The lowest BCUT2D eigenvalue weighted by atomic mass is 10.0. The monoisotopic (exact) mass is 366 g/mol. The summed E-state index contributed by atoms with van der Waals surface area (Å²) in [6, 6.07) is 11.5. The second-order valence-electron chi connectivity index (χ2n) is 6.58. The molecule has 0 unspecified atom stereocenters. The Hall–Kier alpha value is -2.93. The third-order valence-electron chi connectivity index (χ3n) is 4.90. The van der Waals surface area contributed by atoms with Gasteiger partial charge in [-0.15, -0.1) is 0 Å². The molecule has 0 bridgehead atoms. The molecule has 27 heavy (non-hydrogen) atoms. The van der Waals surface area contributed by atoms with Crippen LogP contribution in [0.4, 0.5) is 5.82 Å². The van der Waals surface area contributed by atoms with Crippen LogP contribution in [-0.2, 0) is 0 Å². The first kappa shape index (κ1) is 17.5. The smallest absolute Gasteiger partial charge is 0.259 e. The first-order valence-electron chi connectivity index (χ1n) is 9.10. The quantitative estimate of drug-likeness (QED) is 0.742. The van der Waals surface area contributed by atoms with Crippen molar-refractivity contribution in [3.05, 3.63) is 42.6 Å². The summed E-state index contributed by atoms with van der Waals surface area (Å²) in [6.45, 7) is 1.07. The molecule has 1 N–H and O–H groups in total. The van der Waals surface area contributed by atoms with Gasteiger partial charge in [0.1, 0.15) is 11.6 Å². The van der Waals surface area contributed by atoms with E-state index in [4.69, 9.17) is 9.26 Å².